The maximum absolute atomic E-state index is 13.2. The highest BCUT2D eigenvalue weighted by Crippen LogP contribution is 2.21. The van der Waals surface area contributed by atoms with Crippen molar-refractivity contribution in [3.05, 3.63) is 65.0 Å². The van der Waals surface area contributed by atoms with Crippen molar-refractivity contribution < 1.29 is 9.13 Å². The van der Waals surface area contributed by atoms with Gasteiger partial charge in [0.25, 0.3) is 0 Å². The van der Waals surface area contributed by atoms with E-state index in [2.05, 4.69) is 11.4 Å². The van der Waals surface area contributed by atoms with Crippen molar-refractivity contribution in [1.29, 1.82) is 5.26 Å². The summed E-state index contributed by atoms with van der Waals surface area (Å²) in [6, 6.07) is 13.8. The Labute approximate surface area is 117 Å². The van der Waals surface area contributed by atoms with Crippen molar-refractivity contribution in [2.45, 2.75) is 13.2 Å². The van der Waals surface area contributed by atoms with Gasteiger partial charge in [-0.3, -0.25) is 0 Å². The Balaban J connectivity index is 2.17. The van der Waals surface area contributed by atoms with Crippen LogP contribution < -0.4 is 10.1 Å². The molecule has 3 nitrogen and oxygen atoms in total. The third-order valence-corrected chi connectivity index (χ3v) is 2.91. The fourth-order valence-electron chi connectivity index (χ4n) is 1.93. The molecule has 0 saturated heterocycles. The zero-order valence-corrected chi connectivity index (χ0v) is 11.2. The number of hydrogen-bond donors (Lipinski definition) is 1. The molecule has 0 radical (unpaired) electrons. The predicted molar refractivity (Wildman–Crippen MR) is 74.7 cm³/mol. The van der Waals surface area contributed by atoms with Gasteiger partial charge < -0.3 is 10.1 Å². The SMILES string of the molecule is CNCc1cc(F)ccc1OCc1ccccc1C#N. The van der Waals surface area contributed by atoms with Crippen LogP contribution in [-0.2, 0) is 13.2 Å². The third-order valence-electron chi connectivity index (χ3n) is 2.91. The van der Waals surface area contributed by atoms with Crippen molar-refractivity contribution in [3.8, 4) is 11.8 Å². The lowest BCUT2D eigenvalue weighted by Crippen LogP contribution is -2.08. The summed E-state index contributed by atoms with van der Waals surface area (Å²) in [6.45, 7) is 0.805. The van der Waals surface area contributed by atoms with Crippen molar-refractivity contribution in [1.82, 2.24) is 5.32 Å². The second-order valence-electron chi connectivity index (χ2n) is 4.34. The first-order chi connectivity index (χ1) is 9.74. The van der Waals surface area contributed by atoms with E-state index in [1.165, 1.54) is 12.1 Å². The van der Waals surface area contributed by atoms with Crippen LogP contribution in [0.25, 0.3) is 0 Å². The predicted octanol–water partition coefficient (Wildman–Crippen LogP) is 3.00. The summed E-state index contributed by atoms with van der Waals surface area (Å²) < 4.78 is 18.9. The molecular formula is C16H15FN2O. The van der Waals surface area contributed by atoms with Crippen LogP contribution in [0.1, 0.15) is 16.7 Å². The lowest BCUT2D eigenvalue weighted by atomic mass is 10.1. The molecule has 1 N–H and O–H groups in total. The molecule has 0 aliphatic heterocycles. The zero-order chi connectivity index (χ0) is 14.4. The molecule has 0 spiro atoms. The normalized spacial score (nSPS) is 10.1. The molecule has 0 bridgehead atoms. The molecule has 0 saturated carbocycles. The summed E-state index contributed by atoms with van der Waals surface area (Å²) in [5, 5.41) is 12.0. The summed E-state index contributed by atoms with van der Waals surface area (Å²) in [5.74, 6) is 0.327. The van der Waals surface area contributed by atoms with Crippen LogP contribution >= 0.6 is 0 Å². The molecule has 0 aromatic heterocycles. The van der Waals surface area contributed by atoms with Crippen molar-refractivity contribution >= 4 is 0 Å². The number of benzene rings is 2. The van der Waals surface area contributed by atoms with Crippen molar-refractivity contribution in [3.63, 3.8) is 0 Å². The minimum atomic E-state index is -0.292. The highest BCUT2D eigenvalue weighted by Gasteiger charge is 2.07. The monoisotopic (exact) mass is 270 g/mol. The summed E-state index contributed by atoms with van der Waals surface area (Å²) in [7, 11) is 1.79. The van der Waals surface area contributed by atoms with E-state index in [-0.39, 0.29) is 12.4 Å². The summed E-state index contributed by atoms with van der Waals surface area (Å²) in [6.07, 6.45) is 0. The van der Waals surface area contributed by atoms with Gasteiger partial charge in [-0.25, -0.2) is 4.39 Å². The standard InChI is InChI=1S/C16H15FN2O/c1-19-10-14-8-15(17)6-7-16(14)20-11-13-5-3-2-4-12(13)9-18/h2-8,19H,10-11H2,1H3. The van der Waals surface area contributed by atoms with Crippen molar-refractivity contribution in [2.75, 3.05) is 7.05 Å². The van der Waals surface area contributed by atoms with Gasteiger partial charge in [-0.1, -0.05) is 18.2 Å². The highest BCUT2D eigenvalue weighted by atomic mass is 19.1. The maximum Gasteiger partial charge on any atom is 0.124 e. The molecule has 0 unspecified atom stereocenters. The molecule has 20 heavy (non-hydrogen) atoms. The molecule has 102 valence electrons. The summed E-state index contributed by atoms with van der Waals surface area (Å²) in [5.41, 5.74) is 2.15. The van der Waals surface area contributed by atoms with E-state index in [0.717, 1.165) is 11.1 Å². The lowest BCUT2D eigenvalue weighted by molar-refractivity contribution is 0.301. The van der Waals surface area contributed by atoms with Gasteiger partial charge in [0.1, 0.15) is 18.2 Å². The number of halogens is 1. The summed E-state index contributed by atoms with van der Waals surface area (Å²) in [4.78, 5) is 0. The third kappa shape index (κ3) is 3.34. The molecule has 0 atom stereocenters. The number of ether oxygens (including phenoxy) is 1. The van der Waals surface area contributed by atoms with Crippen LogP contribution in [0, 0.1) is 17.1 Å². The largest absolute Gasteiger partial charge is 0.489 e. The van der Waals surface area contributed by atoms with Crippen LogP contribution in [0.4, 0.5) is 4.39 Å². The van der Waals surface area contributed by atoms with Crippen LogP contribution in [-0.4, -0.2) is 7.05 Å². The molecule has 2 rings (SSSR count). The van der Waals surface area contributed by atoms with Gasteiger partial charge in [-0.2, -0.15) is 5.26 Å². The zero-order valence-electron chi connectivity index (χ0n) is 11.2. The minimum Gasteiger partial charge on any atom is -0.489 e. The molecule has 0 amide bonds. The Morgan fingerprint density at radius 2 is 2.00 bits per heavy atom. The van der Waals surface area contributed by atoms with E-state index in [1.54, 1.807) is 19.2 Å². The first-order valence-electron chi connectivity index (χ1n) is 6.28. The molecule has 4 heteroatoms. The van der Waals surface area contributed by atoms with E-state index in [0.29, 0.717) is 17.9 Å². The number of rotatable bonds is 5. The van der Waals surface area contributed by atoms with E-state index in [1.807, 2.05) is 18.2 Å². The van der Waals surface area contributed by atoms with E-state index < -0.39 is 0 Å². The average molecular weight is 270 g/mol. The second kappa shape index (κ2) is 6.69. The van der Waals surface area contributed by atoms with E-state index in [4.69, 9.17) is 10.00 Å². The van der Waals surface area contributed by atoms with Crippen LogP contribution in [0.3, 0.4) is 0 Å². The van der Waals surface area contributed by atoms with Gasteiger partial charge >= 0.3 is 0 Å². The summed E-state index contributed by atoms with van der Waals surface area (Å²) >= 11 is 0. The minimum absolute atomic E-state index is 0.284. The second-order valence-corrected chi connectivity index (χ2v) is 4.34. The molecule has 0 heterocycles. The van der Waals surface area contributed by atoms with Gasteiger partial charge in [-0.05, 0) is 31.3 Å². The first kappa shape index (κ1) is 14.0. The smallest absolute Gasteiger partial charge is 0.124 e. The van der Waals surface area contributed by atoms with Crippen LogP contribution in [0.5, 0.6) is 5.75 Å². The van der Waals surface area contributed by atoms with Crippen LogP contribution in [0.2, 0.25) is 0 Å². The molecule has 0 fully saturated rings. The van der Waals surface area contributed by atoms with Gasteiger partial charge in [0.05, 0.1) is 11.6 Å². The van der Waals surface area contributed by atoms with E-state index >= 15 is 0 Å². The Morgan fingerprint density at radius 1 is 1.20 bits per heavy atom. The van der Waals surface area contributed by atoms with Gasteiger partial charge in [0.2, 0.25) is 0 Å². The molecule has 2 aromatic carbocycles. The quantitative estimate of drug-likeness (QED) is 0.908. The fourth-order valence-corrected chi connectivity index (χ4v) is 1.93. The van der Waals surface area contributed by atoms with Crippen molar-refractivity contribution in [2.24, 2.45) is 0 Å². The molecular weight excluding hydrogens is 255 g/mol. The Bertz CT molecular complexity index is 635. The first-order valence-corrected chi connectivity index (χ1v) is 6.28. The van der Waals surface area contributed by atoms with Gasteiger partial charge in [0, 0.05) is 17.7 Å². The Morgan fingerprint density at radius 3 is 2.75 bits per heavy atom. The molecule has 2 aromatic rings. The van der Waals surface area contributed by atoms with Gasteiger partial charge in [-0.15, -0.1) is 0 Å². The number of hydrogen-bond acceptors (Lipinski definition) is 3. The Hall–Kier alpha value is -2.38. The number of nitriles is 1. The number of nitrogens with one attached hydrogen (secondary N) is 1. The average Bonchev–Trinajstić information content (AvgIpc) is 2.47. The topological polar surface area (TPSA) is 45.0 Å². The maximum atomic E-state index is 13.2. The number of nitrogens with zero attached hydrogens (tertiary/aromatic N) is 1. The molecule has 0 aliphatic carbocycles. The Kier molecular flexibility index (Phi) is 4.70. The van der Waals surface area contributed by atoms with Crippen LogP contribution in [0.15, 0.2) is 42.5 Å². The fraction of sp³-hybridized carbons (Fsp3) is 0.188. The highest BCUT2D eigenvalue weighted by molar-refractivity contribution is 5.38. The lowest BCUT2D eigenvalue weighted by Gasteiger charge is -2.12. The van der Waals surface area contributed by atoms with Gasteiger partial charge in [0.15, 0.2) is 0 Å². The molecule has 0 aliphatic rings. The van der Waals surface area contributed by atoms with E-state index in [9.17, 15) is 4.39 Å².